The van der Waals surface area contributed by atoms with Gasteiger partial charge in [-0.2, -0.15) is 0 Å². The van der Waals surface area contributed by atoms with E-state index in [0.29, 0.717) is 6.16 Å². The zero-order valence-corrected chi connectivity index (χ0v) is 14.1. The van der Waals surface area contributed by atoms with E-state index in [1.807, 2.05) is 18.2 Å². The van der Waals surface area contributed by atoms with E-state index in [1.165, 1.54) is 15.9 Å². The summed E-state index contributed by atoms with van der Waals surface area (Å²) in [4.78, 5) is 0. The predicted molar refractivity (Wildman–Crippen MR) is 103 cm³/mol. The molecule has 1 unspecified atom stereocenters. The van der Waals surface area contributed by atoms with Crippen molar-refractivity contribution >= 4 is 23.2 Å². The first-order valence-corrected chi connectivity index (χ1v) is 10.1. The van der Waals surface area contributed by atoms with Crippen LogP contribution in [0.3, 0.4) is 0 Å². The molecule has 0 saturated carbocycles. The van der Waals surface area contributed by atoms with Crippen LogP contribution in [-0.2, 0) is 0 Å². The zero-order valence-electron chi connectivity index (χ0n) is 13.1. The van der Waals surface area contributed by atoms with Crippen LogP contribution in [0.15, 0.2) is 91.0 Å². The van der Waals surface area contributed by atoms with Gasteiger partial charge in [-0.3, -0.25) is 0 Å². The minimum atomic E-state index is -2.30. The Hall–Kier alpha value is -1.95. The molecule has 0 fully saturated rings. The molecule has 3 aromatic rings. The van der Waals surface area contributed by atoms with E-state index in [4.69, 9.17) is 0 Å². The van der Waals surface area contributed by atoms with E-state index >= 15 is 0 Å². The van der Waals surface area contributed by atoms with E-state index < -0.39 is 13.4 Å². The molecule has 0 spiro atoms. The predicted octanol–water partition coefficient (Wildman–Crippen LogP) is 2.91. The van der Waals surface area contributed by atoms with Crippen molar-refractivity contribution in [3.8, 4) is 0 Å². The summed E-state index contributed by atoms with van der Waals surface area (Å²) in [5, 5.41) is 14.1. The maximum atomic E-state index is 10.2. The Morgan fingerprint density at radius 2 is 0.957 bits per heavy atom. The van der Waals surface area contributed by atoms with Gasteiger partial charge in [-0.15, -0.1) is 0 Å². The van der Waals surface area contributed by atoms with Crippen LogP contribution >= 0.6 is 7.26 Å². The van der Waals surface area contributed by atoms with Gasteiger partial charge in [0.15, 0.2) is 0 Å². The molecular weight excluding hydrogens is 299 g/mol. The van der Waals surface area contributed by atoms with Crippen LogP contribution in [-0.4, -0.2) is 17.4 Å². The quantitative estimate of drug-likeness (QED) is 0.717. The van der Waals surface area contributed by atoms with E-state index in [2.05, 4.69) is 79.7 Å². The number of hydrogen-bond acceptors (Lipinski definition) is 1. The molecule has 0 bridgehead atoms. The third-order valence-electron chi connectivity index (χ3n) is 4.34. The van der Waals surface area contributed by atoms with Crippen LogP contribution in [0.4, 0.5) is 0 Å². The molecule has 2 heteroatoms. The van der Waals surface area contributed by atoms with Gasteiger partial charge < -0.3 is 0 Å². The first kappa shape index (κ1) is 15.9. The third kappa shape index (κ3) is 3.22. The molecule has 0 aliphatic rings. The van der Waals surface area contributed by atoms with Crippen molar-refractivity contribution in [1.82, 2.24) is 0 Å². The monoisotopic (exact) mass is 321 g/mol. The summed E-state index contributed by atoms with van der Waals surface area (Å²) in [6, 6.07) is 31.7. The first-order valence-electron chi connectivity index (χ1n) is 7.91. The Balaban J connectivity index is 2.30. The number of hydrogen-bond donors (Lipinski definition) is 1. The first-order chi connectivity index (χ1) is 11.2. The Morgan fingerprint density at radius 1 is 0.652 bits per heavy atom. The van der Waals surface area contributed by atoms with Gasteiger partial charge in [-0.1, -0.05) is 0 Å². The fraction of sp³-hybridized carbons (Fsp3) is 0.0952. The van der Waals surface area contributed by atoms with Gasteiger partial charge in [0.1, 0.15) is 0 Å². The molecule has 3 aromatic carbocycles. The molecule has 1 nitrogen and oxygen atoms in total. The fourth-order valence-corrected chi connectivity index (χ4v) is 8.07. The van der Waals surface area contributed by atoms with Crippen molar-refractivity contribution in [3.05, 3.63) is 97.9 Å². The molecule has 117 valence electrons. The van der Waals surface area contributed by atoms with Crippen LogP contribution < -0.4 is 15.9 Å². The summed E-state index contributed by atoms with van der Waals surface area (Å²) in [6.45, 7) is 3.89. The molecule has 1 N–H and O–H groups in total. The minimum absolute atomic E-state index is 0.595. The van der Waals surface area contributed by atoms with Gasteiger partial charge in [0.25, 0.3) is 0 Å². The van der Waals surface area contributed by atoms with Crippen LogP contribution in [0.25, 0.3) is 0 Å². The molecular formula is C21H22OP. The van der Waals surface area contributed by atoms with Crippen LogP contribution in [0.2, 0.25) is 0 Å². The standard InChI is InChI=1S/C21H22OP/c1-18(22)17-23(19-11-5-2-6-12-19,20-13-7-3-8-14-20)21-15-9-4-10-16-21/h2-16,18,22-23H,1,17H2. The summed E-state index contributed by atoms with van der Waals surface area (Å²) in [5.41, 5.74) is 0. The Labute approximate surface area is 139 Å². The molecule has 0 saturated heterocycles. The molecule has 1 radical (unpaired) electrons. The van der Waals surface area contributed by atoms with Crippen LogP contribution in [0.1, 0.15) is 0 Å². The molecule has 1 atom stereocenters. The van der Waals surface area contributed by atoms with Crippen molar-refractivity contribution in [2.24, 2.45) is 0 Å². The molecule has 23 heavy (non-hydrogen) atoms. The Bertz CT molecular complexity index is 627. The second-order valence-electron chi connectivity index (χ2n) is 5.86. The van der Waals surface area contributed by atoms with Gasteiger partial charge in [0, 0.05) is 0 Å². The van der Waals surface area contributed by atoms with E-state index in [9.17, 15) is 5.11 Å². The normalized spacial score (nSPS) is 13.5. The number of aliphatic hydroxyl groups is 1. The van der Waals surface area contributed by atoms with E-state index in [-0.39, 0.29) is 0 Å². The van der Waals surface area contributed by atoms with Crippen molar-refractivity contribution in [1.29, 1.82) is 0 Å². The summed E-state index contributed by atoms with van der Waals surface area (Å²) in [7, 11) is -2.30. The summed E-state index contributed by atoms with van der Waals surface area (Å²) in [6.07, 6.45) is 0.0766. The Morgan fingerprint density at radius 3 is 1.22 bits per heavy atom. The SMILES string of the molecule is [CH2]C(O)C[PH](c1ccccc1)(c1ccccc1)c1ccccc1. The zero-order chi connectivity index (χ0) is 16.1. The van der Waals surface area contributed by atoms with Crippen molar-refractivity contribution in [2.75, 3.05) is 6.16 Å². The molecule has 0 amide bonds. The van der Waals surface area contributed by atoms with Gasteiger partial charge in [-0.05, 0) is 0 Å². The number of benzene rings is 3. The number of aliphatic hydroxyl groups excluding tert-OH is 1. The van der Waals surface area contributed by atoms with Gasteiger partial charge in [0.2, 0.25) is 0 Å². The summed E-state index contributed by atoms with van der Waals surface area (Å²) < 4.78 is 0. The van der Waals surface area contributed by atoms with E-state index in [1.54, 1.807) is 0 Å². The molecule has 0 aromatic heterocycles. The summed E-state index contributed by atoms with van der Waals surface area (Å²) >= 11 is 0. The topological polar surface area (TPSA) is 20.2 Å². The van der Waals surface area contributed by atoms with Crippen LogP contribution in [0.5, 0.6) is 0 Å². The van der Waals surface area contributed by atoms with Gasteiger partial charge >= 0.3 is 138 Å². The molecule has 0 aliphatic heterocycles. The second-order valence-corrected chi connectivity index (χ2v) is 9.81. The average Bonchev–Trinajstić information content (AvgIpc) is 2.62. The average molecular weight is 321 g/mol. The van der Waals surface area contributed by atoms with E-state index in [0.717, 1.165) is 0 Å². The van der Waals surface area contributed by atoms with Gasteiger partial charge in [-0.25, -0.2) is 0 Å². The van der Waals surface area contributed by atoms with Gasteiger partial charge in [0.05, 0.1) is 0 Å². The Kier molecular flexibility index (Phi) is 4.91. The third-order valence-corrected chi connectivity index (χ3v) is 9.38. The van der Waals surface area contributed by atoms with Crippen molar-refractivity contribution < 1.29 is 5.11 Å². The van der Waals surface area contributed by atoms with Crippen LogP contribution in [0, 0.1) is 6.92 Å². The number of rotatable bonds is 5. The maximum absolute atomic E-state index is 10.2. The summed E-state index contributed by atoms with van der Waals surface area (Å²) in [5.74, 6) is 0. The molecule has 0 heterocycles. The molecule has 0 aliphatic carbocycles. The van der Waals surface area contributed by atoms with Crippen molar-refractivity contribution in [2.45, 2.75) is 6.10 Å². The molecule has 3 rings (SSSR count). The fourth-order valence-electron chi connectivity index (χ4n) is 3.38. The van der Waals surface area contributed by atoms with Crippen molar-refractivity contribution in [3.63, 3.8) is 0 Å². The second kappa shape index (κ2) is 7.08.